The molecular weight excluding hydrogens is 320 g/mol. The van der Waals surface area contributed by atoms with Gasteiger partial charge in [-0.1, -0.05) is 5.16 Å². The molecule has 7 heteroatoms. The summed E-state index contributed by atoms with van der Waals surface area (Å²) in [6.07, 6.45) is 1.78. The number of hydrogen-bond acceptors (Lipinski definition) is 6. The Morgan fingerprint density at radius 2 is 1.72 bits per heavy atom. The average Bonchev–Trinajstić information content (AvgIpc) is 3.28. The highest BCUT2D eigenvalue weighted by Gasteiger charge is 2.14. The van der Waals surface area contributed by atoms with Crippen molar-refractivity contribution in [1.82, 2.24) is 19.7 Å². The fourth-order valence-corrected chi connectivity index (χ4v) is 2.66. The van der Waals surface area contributed by atoms with Crippen LogP contribution in [0.15, 0.2) is 47.2 Å². The van der Waals surface area contributed by atoms with Gasteiger partial charge in [0, 0.05) is 24.2 Å². The molecule has 0 unspecified atom stereocenters. The van der Waals surface area contributed by atoms with Crippen LogP contribution in [0.3, 0.4) is 0 Å². The number of hydrogen-bond donors (Lipinski definition) is 0. The van der Waals surface area contributed by atoms with Crippen molar-refractivity contribution < 1.29 is 14.0 Å². The Hall–Kier alpha value is -3.35. The second-order valence-corrected chi connectivity index (χ2v) is 5.58. The number of imidazole rings is 1. The lowest BCUT2D eigenvalue weighted by Crippen LogP contribution is -1.89. The predicted molar refractivity (Wildman–Crippen MR) is 92.5 cm³/mol. The van der Waals surface area contributed by atoms with Gasteiger partial charge in [-0.3, -0.25) is 0 Å². The second-order valence-electron chi connectivity index (χ2n) is 5.58. The van der Waals surface area contributed by atoms with Crippen LogP contribution in [0.1, 0.15) is 0 Å². The summed E-state index contributed by atoms with van der Waals surface area (Å²) in [7, 11) is 5.15. The molecule has 126 valence electrons. The van der Waals surface area contributed by atoms with Gasteiger partial charge in [0.1, 0.15) is 11.5 Å². The molecule has 0 fully saturated rings. The fraction of sp³-hybridized carbons (Fsp3) is 0.167. The fourth-order valence-electron chi connectivity index (χ4n) is 2.66. The van der Waals surface area contributed by atoms with Gasteiger partial charge in [0.05, 0.1) is 31.6 Å². The van der Waals surface area contributed by atoms with E-state index in [1.807, 2.05) is 41.9 Å². The van der Waals surface area contributed by atoms with Crippen LogP contribution >= 0.6 is 0 Å². The molecule has 0 radical (unpaired) electrons. The number of rotatable bonds is 4. The summed E-state index contributed by atoms with van der Waals surface area (Å²) in [4.78, 5) is 8.85. The molecule has 0 N–H and O–H groups in total. The highest BCUT2D eigenvalue weighted by molar-refractivity contribution is 5.80. The lowest BCUT2D eigenvalue weighted by molar-refractivity contribution is 0.393. The molecule has 25 heavy (non-hydrogen) atoms. The third-order valence-corrected chi connectivity index (χ3v) is 4.01. The van der Waals surface area contributed by atoms with Crippen molar-refractivity contribution in [3.05, 3.63) is 42.7 Å². The molecule has 0 aliphatic carbocycles. The van der Waals surface area contributed by atoms with Gasteiger partial charge in [0.25, 0.3) is 5.89 Å². The van der Waals surface area contributed by atoms with Crippen LogP contribution in [0.5, 0.6) is 11.5 Å². The monoisotopic (exact) mass is 336 g/mol. The lowest BCUT2D eigenvalue weighted by atomic mass is 10.2. The predicted octanol–water partition coefficient (Wildman–Crippen LogP) is 3.31. The Balaban J connectivity index is 1.74. The average molecular weight is 336 g/mol. The third kappa shape index (κ3) is 2.69. The van der Waals surface area contributed by atoms with Crippen LogP contribution < -0.4 is 9.47 Å². The number of aryl methyl sites for hydroxylation is 1. The van der Waals surface area contributed by atoms with Crippen molar-refractivity contribution in [2.75, 3.05) is 14.2 Å². The molecule has 0 spiro atoms. The van der Waals surface area contributed by atoms with Crippen LogP contribution in [0.4, 0.5) is 0 Å². The number of nitrogens with zero attached hydrogens (tertiary/aromatic N) is 4. The van der Waals surface area contributed by atoms with Gasteiger partial charge in [-0.05, 0) is 30.3 Å². The quantitative estimate of drug-likeness (QED) is 0.569. The van der Waals surface area contributed by atoms with E-state index in [1.165, 1.54) is 0 Å². The number of benzene rings is 2. The van der Waals surface area contributed by atoms with Crippen LogP contribution in [0.25, 0.3) is 33.9 Å². The lowest BCUT2D eigenvalue weighted by Gasteiger charge is -2.05. The van der Waals surface area contributed by atoms with E-state index in [0.717, 1.165) is 22.2 Å². The zero-order valence-electron chi connectivity index (χ0n) is 14.1. The van der Waals surface area contributed by atoms with Crippen LogP contribution in [-0.4, -0.2) is 33.9 Å². The molecule has 0 saturated carbocycles. The zero-order valence-corrected chi connectivity index (χ0v) is 14.1. The minimum atomic E-state index is 0.397. The Morgan fingerprint density at radius 3 is 2.44 bits per heavy atom. The molecule has 0 atom stereocenters. The normalized spacial score (nSPS) is 11.0. The van der Waals surface area contributed by atoms with E-state index < -0.39 is 0 Å². The van der Waals surface area contributed by atoms with Gasteiger partial charge < -0.3 is 18.6 Å². The minimum Gasteiger partial charge on any atom is -0.497 e. The summed E-state index contributed by atoms with van der Waals surface area (Å²) in [6.45, 7) is 0. The van der Waals surface area contributed by atoms with E-state index in [0.29, 0.717) is 23.2 Å². The topological polar surface area (TPSA) is 75.2 Å². The van der Waals surface area contributed by atoms with E-state index in [-0.39, 0.29) is 0 Å². The molecule has 2 aromatic carbocycles. The number of aromatic nitrogens is 4. The Labute approximate surface area is 143 Å². The number of ether oxygens (including phenoxy) is 2. The number of methoxy groups -OCH3 is 2. The third-order valence-electron chi connectivity index (χ3n) is 4.01. The Morgan fingerprint density at radius 1 is 0.960 bits per heavy atom. The van der Waals surface area contributed by atoms with Crippen molar-refractivity contribution >= 4 is 11.0 Å². The maximum Gasteiger partial charge on any atom is 0.258 e. The first-order valence-electron chi connectivity index (χ1n) is 7.66. The smallest absolute Gasteiger partial charge is 0.258 e. The molecule has 0 aliphatic heterocycles. The Kier molecular flexibility index (Phi) is 3.61. The first-order valence-corrected chi connectivity index (χ1v) is 7.66. The first kappa shape index (κ1) is 15.2. The van der Waals surface area contributed by atoms with E-state index >= 15 is 0 Å². The summed E-state index contributed by atoms with van der Waals surface area (Å²) in [5.74, 6) is 2.21. The molecule has 2 heterocycles. The van der Waals surface area contributed by atoms with Gasteiger partial charge in [0.2, 0.25) is 5.82 Å². The van der Waals surface area contributed by atoms with Crippen molar-refractivity contribution in [3.8, 4) is 34.3 Å². The standard InChI is InChI=1S/C18H16N4O3/c1-22-10-19-15-8-11(4-5-16(15)22)17-20-18(25-21-17)12-6-13(23-2)9-14(7-12)24-3/h4-10H,1-3H3. The SMILES string of the molecule is COc1cc(OC)cc(-c2nc(-c3ccc4c(c3)ncn4C)no2)c1. The minimum absolute atomic E-state index is 0.397. The van der Waals surface area contributed by atoms with Crippen molar-refractivity contribution in [2.45, 2.75) is 0 Å². The zero-order chi connectivity index (χ0) is 17.4. The van der Waals surface area contributed by atoms with Gasteiger partial charge in [-0.25, -0.2) is 4.98 Å². The Bertz CT molecular complexity index is 1030. The second kappa shape index (κ2) is 5.94. The summed E-state index contributed by atoms with van der Waals surface area (Å²) >= 11 is 0. The molecule has 0 bridgehead atoms. The van der Waals surface area contributed by atoms with E-state index in [2.05, 4.69) is 15.1 Å². The van der Waals surface area contributed by atoms with Gasteiger partial charge >= 0.3 is 0 Å². The van der Waals surface area contributed by atoms with Crippen LogP contribution in [0, 0.1) is 0 Å². The number of fused-ring (bicyclic) bond motifs is 1. The molecule has 2 aromatic heterocycles. The molecule has 4 aromatic rings. The van der Waals surface area contributed by atoms with Crippen LogP contribution in [0.2, 0.25) is 0 Å². The molecule has 4 rings (SSSR count). The summed E-state index contributed by atoms with van der Waals surface area (Å²) in [5, 5.41) is 4.09. The summed E-state index contributed by atoms with van der Waals surface area (Å²) in [6, 6.07) is 11.3. The summed E-state index contributed by atoms with van der Waals surface area (Å²) < 4.78 is 17.9. The van der Waals surface area contributed by atoms with Gasteiger partial charge in [-0.15, -0.1) is 0 Å². The van der Waals surface area contributed by atoms with Gasteiger partial charge in [-0.2, -0.15) is 4.98 Å². The van der Waals surface area contributed by atoms with Crippen molar-refractivity contribution in [1.29, 1.82) is 0 Å². The van der Waals surface area contributed by atoms with E-state index in [1.54, 1.807) is 26.6 Å². The maximum atomic E-state index is 5.42. The largest absolute Gasteiger partial charge is 0.497 e. The summed E-state index contributed by atoms with van der Waals surface area (Å²) in [5.41, 5.74) is 3.50. The molecule has 0 saturated heterocycles. The maximum absolute atomic E-state index is 5.42. The first-order chi connectivity index (χ1) is 12.2. The van der Waals surface area contributed by atoms with Crippen molar-refractivity contribution in [2.24, 2.45) is 7.05 Å². The molecule has 0 aliphatic rings. The molecular formula is C18H16N4O3. The highest BCUT2D eigenvalue weighted by atomic mass is 16.5. The molecule has 0 amide bonds. The van der Waals surface area contributed by atoms with Crippen LogP contribution in [-0.2, 0) is 7.05 Å². The van der Waals surface area contributed by atoms with E-state index in [4.69, 9.17) is 14.0 Å². The van der Waals surface area contributed by atoms with Crippen molar-refractivity contribution in [3.63, 3.8) is 0 Å². The highest BCUT2D eigenvalue weighted by Crippen LogP contribution is 2.30. The van der Waals surface area contributed by atoms with E-state index in [9.17, 15) is 0 Å². The molecule has 7 nitrogen and oxygen atoms in total. The van der Waals surface area contributed by atoms with Gasteiger partial charge in [0.15, 0.2) is 0 Å².